The first-order valence-corrected chi connectivity index (χ1v) is 9.78. The summed E-state index contributed by atoms with van der Waals surface area (Å²) in [4.78, 5) is 12.4. The zero-order chi connectivity index (χ0) is 19.6. The summed E-state index contributed by atoms with van der Waals surface area (Å²) in [6.07, 6.45) is 4.60. The molecule has 1 aromatic heterocycles. The van der Waals surface area contributed by atoms with Gasteiger partial charge in [0.1, 0.15) is 0 Å². The van der Waals surface area contributed by atoms with Gasteiger partial charge in [0.15, 0.2) is 0 Å². The van der Waals surface area contributed by atoms with E-state index in [4.69, 9.17) is 5.73 Å². The number of nitrogens with zero attached hydrogens (tertiary/aromatic N) is 1. The number of fused-ring (bicyclic) bond motifs is 1. The molecule has 152 valence electrons. The molecule has 0 atom stereocenters. The van der Waals surface area contributed by atoms with Crippen molar-refractivity contribution < 1.29 is 0 Å². The van der Waals surface area contributed by atoms with Crippen molar-refractivity contribution in [2.24, 2.45) is 0 Å². The first-order chi connectivity index (χ1) is 13.1. The van der Waals surface area contributed by atoms with E-state index in [9.17, 15) is 4.79 Å². The van der Waals surface area contributed by atoms with Gasteiger partial charge >= 0.3 is 0 Å². The normalized spacial score (nSPS) is 12.2. The van der Waals surface area contributed by atoms with Gasteiger partial charge in [-0.05, 0) is 68.1 Å². The van der Waals surface area contributed by atoms with E-state index in [-0.39, 0.29) is 13.0 Å². The molecule has 0 radical (unpaired) electrons. The Bertz CT molecular complexity index is 886. The maximum Gasteiger partial charge on any atom is 0.258 e. The third-order valence-electron chi connectivity index (χ3n) is 4.43. The summed E-state index contributed by atoms with van der Waals surface area (Å²) in [6, 6.07) is 15.5. The number of hydrogen-bond acceptors (Lipinski definition) is 3. The Kier molecular flexibility index (Phi) is 10.0. The third-order valence-corrected chi connectivity index (χ3v) is 4.43. The highest BCUT2D eigenvalue weighted by atomic mass is 16.1. The summed E-state index contributed by atoms with van der Waals surface area (Å²) in [7, 11) is 0. The van der Waals surface area contributed by atoms with Crippen LogP contribution in [0.5, 0.6) is 0 Å². The van der Waals surface area contributed by atoms with Crippen molar-refractivity contribution >= 4 is 16.5 Å². The molecule has 0 unspecified atom stereocenters. The van der Waals surface area contributed by atoms with Gasteiger partial charge in [0.2, 0.25) is 0 Å². The summed E-state index contributed by atoms with van der Waals surface area (Å²) in [5.74, 6) is 0. The summed E-state index contributed by atoms with van der Waals surface area (Å²) in [5.41, 5.74) is 8.77. The fraction of sp³-hybridized carbons (Fsp3) is 0.375. The SMILES string of the molecule is C.C1CCNC1.CC.Cc1ccc(Cn2ccc3cc(N)ccc3c2=O)cc1. The molecule has 2 aromatic carbocycles. The largest absolute Gasteiger partial charge is 0.399 e. The zero-order valence-corrected chi connectivity index (χ0v) is 16.7. The molecule has 0 spiro atoms. The van der Waals surface area contributed by atoms with Crippen molar-refractivity contribution in [3.63, 3.8) is 0 Å². The van der Waals surface area contributed by atoms with Crippen LogP contribution in [0.4, 0.5) is 5.69 Å². The molecule has 2 heterocycles. The monoisotopic (exact) mass is 381 g/mol. The van der Waals surface area contributed by atoms with Crippen molar-refractivity contribution in [3.8, 4) is 0 Å². The molecule has 3 N–H and O–H groups in total. The zero-order valence-electron chi connectivity index (χ0n) is 16.7. The number of rotatable bonds is 2. The predicted octanol–water partition coefficient (Wildman–Crippen LogP) is 4.97. The van der Waals surface area contributed by atoms with Crippen LogP contribution in [0, 0.1) is 6.92 Å². The lowest BCUT2D eigenvalue weighted by atomic mass is 10.1. The minimum absolute atomic E-state index is 0. The van der Waals surface area contributed by atoms with Crippen LogP contribution in [-0.2, 0) is 6.54 Å². The van der Waals surface area contributed by atoms with Crippen LogP contribution >= 0.6 is 0 Å². The lowest BCUT2D eigenvalue weighted by Crippen LogP contribution is -2.20. The minimum Gasteiger partial charge on any atom is -0.399 e. The fourth-order valence-corrected chi connectivity index (χ4v) is 2.95. The summed E-state index contributed by atoms with van der Waals surface area (Å²) in [6.45, 7) is 9.13. The van der Waals surface area contributed by atoms with Crippen LogP contribution in [0.15, 0.2) is 59.5 Å². The maximum atomic E-state index is 12.4. The van der Waals surface area contributed by atoms with Crippen molar-refractivity contribution in [3.05, 3.63) is 76.2 Å². The second-order valence-corrected chi connectivity index (χ2v) is 6.54. The molecule has 0 saturated carbocycles. The standard InChI is InChI=1S/C17H16N2O.C4H9N.C2H6.CH4/c1-12-2-4-13(5-3-12)11-19-9-8-14-10-15(18)6-7-16(14)17(19)20;1-2-4-5-3-1;1-2;/h2-10H,11,18H2,1H3;5H,1-4H2;1-2H3;1H4. The van der Waals surface area contributed by atoms with Gasteiger partial charge in [-0.25, -0.2) is 0 Å². The van der Waals surface area contributed by atoms with Gasteiger partial charge in [-0.3, -0.25) is 4.79 Å². The number of anilines is 1. The van der Waals surface area contributed by atoms with Crippen LogP contribution in [0.2, 0.25) is 0 Å². The van der Waals surface area contributed by atoms with Crippen LogP contribution in [-0.4, -0.2) is 17.7 Å². The van der Waals surface area contributed by atoms with Gasteiger partial charge in [-0.15, -0.1) is 0 Å². The first kappa shape index (κ1) is 23.4. The van der Waals surface area contributed by atoms with E-state index in [1.165, 1.54) is 31.5 Å². The molecule has 28 heavy (non-hydrogen) atoms. The number of aromatic nitrogens is 1. The van der Waals surface area contributed by atoms with E-state index in [1.54, 1.807) is 16.7 Å². The molecule has 1 aliphatic rings. The Morgan fingerprint density at radius 2 is 1.64 bits per heavy atom. The average Bonchev–Trinajstić information content (AvgIpc) is 3.27. The second kappa shape index (κ2) is 12.0. The van der Waals surface area contributed by atoms with E-state index in [0.717, 1.165) is 10.9 Å². The Morgan fingerprint density at radius 3 is 2.21 bits per heavy atom. The van der Waals surface area contributed by atoms with Crippen LogP contribution in [0.3, 0.4) is 0 Å². The summed E-state index contributed by atoms with van der Waals surface area (Å²) < 4.78 is 1.73. The van der Waals surface area contributed by atoms with Gasteiger partial charge in [0, 0.05) is 17.3 Å². The van der Waals surface area contributed by atoms with Gasteiger partial charge in [-0.2, -0.15) is 0 Å². The number of nitrogen functional groups attached to an aromatic ring is 1. The van der Waals surface area contributed by atoms with Gasteiger partial charge < -0.3 is 15.6 Å². The van der Waals surface area contributed by atoms with E-state index < -0.39 is 0 Å². The first-order valence-electron chi connectivity index (χ1n) is 9.78. The molecule has 1 aliphatic heterocycles. The molecule has 1 saturated heterocycles. The highest BCUT2D eigenvalue weighted by Gasteiger charge is 2.03. The summed E-state index contributed by atoms with van der Waals surface area (Å²) in [5, 5.41) is 4.81. The van der Waals surface area contributed by atoms with Crippen molar-refractivity contribution in [2.45, 2.75) is 47.6 Å². The number of benzene rings is 2. The maximum absolute atomic E-state index is 12.4. The van der Waals surface area contributed by atoms with Gasteiger partial charge in [0.25, 0.3) is 5.56 Å². The van der Waals surface area contributed by atoms with Crippen LogP contribution in [0.1, 0.15) is 45.2 Å². The van der Waals surface area contributed by atoms with Crippen molar-refractivity contribution in [1.29, 1.82) is 0 Å². The predicted molar refractivity (Wildman–Crippen MR) is 123 cm³/mol. The molecule has 0 amide bonds. The molecule has 3 aromatic rings. The van der Waals surface area contributed by atoms with E-state index in [0.29, 0.717) is 17.6 Å². The minimum atomic E-state index is 0. The molecule has 0 aliphatic carbocycles. The Morgan fingerprint density at radius 1 is 1.00 bits per heavy atom. The third kappa shape index (κ3) is 6.54. The molecular weight excluding hydrogens is 346 g/mol. The van der Waals surface area contributed by atoms with E-state index in [1.807, 2.05) is 32.2 Å². The van der Waals surface area contributed by atoms with Crippen LogP contribution < -0.4 is 16.6 Å². The lowest BCUT2D eigenvalue weighted by Gasteiger charge is -2.08. The van der Waals surface area contributed by atoms with E-state index in [2.05, 4.69) is 36.5 Å². The Balaban J connectivity index is 0.000000421. The molecular formula is C24H35N3O. The molecule has 1 fully saturated rings. The van der Waals surface area contributed by atoms with Crippen molar-refractivity contribution in [2.75, 3.05) is 18.8 Å². The molecule has 4 nitrogen and oxygen atoms in total. The average molecular weight is 382 g/mol. The van der Waals surface area contributed by atoms with E-state index >= 15 is 0 Å². The lowest BCUT2D eigenvalue weighted by molar-refractivity contribution is 0.768. The number of pyridine rings is 1. The van der Waals surface area contributed by atoms with Crippen molar-refractivity contribution in [1.82, 2.24) is 9.88 Å². The number of nitrogens with two attached hydrogens (primary N) is 1. The molecule has 4 heteroatoms. The summed E-state index contributed by atoms with van der Waals surface area (Å²) >= 11 is 0. The highest BCUT2D eigenvalue weighted by Crippen LogP contribution is 2.14. The molecule has 4 rings (SSSR count). The van der Waals surface area contributed by atoms with Crippen LogP contribution in [0.25, 0.3) is 10.8 Å². The molecule has 0 bridgehead atoms. The number of aryl methyl sites for hydroxylation is 1. The Hall–Kier alpha value is -2.59. The highest BCUT2D eigenvalue weighted by molar-refractivity contribution is 5.84. The van der Waals surface area contributed by atoms with Gasteiger partial charge in [-0.1, -0.05) is 51.1 Å². The Labute approximate surface area is 169 Å². The smallest absolute Gasteiger partial charge is 0.258 e. The number of nitrogens with one attached hydrogen (secondary N) is 1. The quantitative estimate of drug-likeness (QED) is 0.616. The van der Waals surface area contributed by atoms with Gasteiger partial charge in [0.05, 0.1) is 6.54 Å². The fourth-order valence-electron chi connectivity index (χ4n) is 2.95. The topological polar surface area (TPSA) is 60.1 Å². The second-order valence-electron chi connectivity index (χ2n) is 6.54. The number of hydrogen-bond donors (Lipinski definition) is 2.